The molecule has 0 saturated heterocycles. The summed E-state index contributed by atoms with van der Waals surface area (Å²) in [6.45, 7) is 0. The zero-order valence-electron chi connectivity index (χ0n) is 10.1. The molecule has 2 aromatic rings. The van der Waals surface area contributed by atoms with Crippen molar-refractivity contribution < 1.29 is 4.74 Å². The van der Waals surface area contributed by atoms with Crippen LogP contribution in [0.5, 0.6) is 5.75 Å². The van der Waals surface area contributed by atoms with E-state index in [1.165, 1.54) is 11.1 Å². The van der Waals surface area contributed by atoms with Crippen LogP contribution in [0.3, 0.4) is 0 Å². The van der Waals surface area contributed by atoms with E-state index in [0.29, 0.717) is 0 Å². The highest BCUT2D eigenvalue weighted by Crippen LogP contribution is 2.21. The van der Waals surface area contributed by atoms with E-state index in [-0.39, 0.29) is 0 Å². The third kappa shape index (κ3) is 3.35. The van der Waals surface area contributed by atoms with Gasteiger partial charge in [-0.05, 0) is 36.5 Å². The quantitative estimate of drug-likeness (QED) is 0.750. The van der Waals surface area contributed by atoms with E-state index < -0.39 is 0 Å². The Morgan fingerprint density at radius 1 is 0.941 bits per heavy atom. The Balaban J connectivity index is 1.90. The Morgan fingerprint density at radius 3 is 2.41 bits per heavy atom. The molecule has 0 fully saturated rings. The molecule has 0 saturated carbocycles. The molecule has 0 aliphatic carbocycles. The van der Waals surface area contributed by atoms with E-state index in [0.717, 1.165) is 18.6 Å². The number of methoxy groups -OCH3 is 1. The fraction of sp³-hybridized carbons (Fsp3) is 0.188. The summed E-state index contributed by atoms with van der Waals surface area (Å²) in [5.41, 5.74) is 2.55. The second-order valence-corrected chi connectivity index (χ2v) is 3.97. The van der Waals surface area contributed by atoms with Crippen molar-refractivity contribution in [3.05, 3.63) is 72.1 Å². The first-order chi connectivity index (χ1) is 8.40. The fourth-order valence-electron chi connectivity index (χ4n) is 1.87. The van der Waals surface area contributed by atoms with E-state index in [2.05, 4.69) is 36.8 Å². The van der Waals surface area contributed by atoms with Gasteiger partial charge >= 0.3 is 0 Å². The lowest BCUT2D eigenvalue weighted by Crippen LogP contribution is -1.92. The van der Waals surface area contributed by atoms with Crippen molar-refractivity contribution in [2.75, 3.05) is 7.11 Å². The lowest BCUT2D eigenvalue weighted by atomic mass is 10.0. The van der Waals surface area contributed by atoms with Crippen LogP contribution in [0.2, 0.25) is 0 Å². The van der Waals surface area contributed by atoms with Crippen molar-refractivity contribution in [3.63, 3.8) is 0 Å². The van der Waals surface area contributed by atoms with Crippen LogP contribution in [-0.2, 0) is 6.42 Å². The summed E-state index contributed by atoms with van der Waals surface area (Å²) in [5.74, 6) is 0.945. The molecule has 0 spiro atoms. The van der Waals surface area contributed by atoms with E-state index >= 15 is 0 Å². The maximum atomic E-state index is 5.32. The average molecular weight is 225 g/mol. The van der Waals surface area contributed by atoms with Crippen molar-refractivity contribution >= 4 is 0 Å². The summed E-state index contributed by atoms with van der Waals surface area (Å²) in [7, 11) is 1.71. The zero-order valence-corrected chi connectivity index (χ0v) is 10.1. The summed E-state index contributed by atoms with van der Waals surface area (Å²) >= 11 is 0. The van der Waals surface area contributed by atoms with Gasteiger partial charge < -0.3 is 4.74 Å². The summed E-state index contributed by atoms with van der Waals surface area (Å²) in [4.78, 5) is 0. The highest BCUT2D eigenvalue weighted by molar-refractivity contribution is 5.38. The number of hydrogen-bond donors (Lipinski definition) is 0. The monoisotopic (exact) mass is 225 g/mol. The Hall–Kier alpha value is -1.76. The predicted octanol–water partition coefficient (Wildman–Crippen LogP) is 3.88. The molecule has 0 heterocycles. The minimum absolute atomic E-state index is 0.945. The van der Waals surface area contributed by atoms with Crippen LogP contribution in [0.25, 0.3) is 0 Å². The second kappa shape index (κ2) is 6.09. The third-order valence-electron chi connectivity index (χ3n) is 2.78. The molecule has 2 aromatic carbocycles. The molecule has 0 atom stereocenters. The van der Waals surface area contributed by atoms with Gasteiger partial charge in [-0.15, -0.1) is 0 Å². The van der Waals surface area contributed by atoms with E-state index in [1.54, 1.807) is 7.11 Å². The van der Waals surface area contributed by atoms with Crippen molar-refractivity contribution in [2.24, 2.45) is 0 Å². The van der Waals surface area contributed by atoms with Gasteiger partial charge in [0.1, 0.15) is 5.75 Å². The topological polar surface area (TPSA) is 9.23 Å². The maximum absolute atomic E-state index is 5.32. The van der Waals surface area contributed by atoms with Gasteiger partial charge in [0.05, 0.1) is 7.11 Å². The number of rotatable bonds is 5. The third-order valence-corrected chi connectivity index (χ3v) is 2.78. The largest absolute Gasteiger partial charge is 0.496 e. The van der Waals surface area contributed by atoms with Crippen LogP contribution < -0.4 is 4.74 Å². The lowest BCUT2D eigenvalue weighted by Gasteiger charge is -2.07. The fourth-order valence-corrected chi connectivity index (χ4v) is 1.87. The van der Waals surface area contributed by atoms with Crippen LogP contribution in [0, 0.1) is 6.42 Å². The Labute approximate surface area is 103 Å². The first-order valence-corrected chi connectivity index (χ1v) is 5.90. The number of aryl methyl sites for hydroxylation is 1. The Kier molecular flexibility index (Phi) is 4.20. The molecule has 0 aliphatic rings. The SMILES string of the molecule is COc1ccccc1[CH]CCc1ccccc1. The summed E-state index contributed by atoms with van der Waals surface area (Å²) in [6.07, 6.45) is 4.33. The molecule has 1 nitrogen and oxygen atoms in total. The average Bonchev–Trinajstić information content (AvgIpc) is 2.40. The predicted molar refractivity (Wildman–Crippen MR) is 71.2 cm³/mol. The Bertz CT molecular complexity index is 448. The van der Waals surface area contributed by atoms with Crippen molar-refractivity contribution in [1.29, 1.82) is 0 Å². The van der Waals surface area contributed by atoms with Crippen LogP contribution in [0.1, 0.15) is 17.5 Å². The number of ether oxygens (including phenoxy) is 1. The molecule has 0 unspecified atom stereocenters. The highest BCUT2D eigenvalue weighted by Gasteiger charge is 2.01. The molecule has 0 amide bonds. The normalized spacial score (nSPS) is 10.2. The molecule has 2 rings (SSSR count). The minimum Gasteiger partial charge on any atom is -0.496 e. The Morgan fingerprint density at radius 2 is 1.65 bits per heavy atom. The van der Waals surface area contributed by atoms with E-state index in [4.69, 9.17) is 4.74 Å². The van der Waals surface area contributed by atoms with Gasteiger partial charge in [-0.1, -0.05) is 48.5 Å². The summed E-state index contributed by atoms with van der Waals surface area (Å²) in [6, 6.07) is 18.7. The summed E-state index contributed by atoms with van der Waals surface area (Å²) in [5, 5.41) is 0. The molecule has 0 aliphatic heterocycles. The first-order valence-electron chi connectivity index (χ1n) is 5.90. The smallest absolute Gasteiger partial charge is 0.122 e. The van der Waals surface area contributed by atoms with Crippen LogP contribution >= 0.6 is 0 Å². The zero-order chi connectivity index (χ0) is 11.9. The molecular formula is C16H17O. The highest BCUT2D eigenvalue weighted by atomic mass is 16.5. The summed E-state index contributed by atoms with van der Waals surface area (Å²) < 4.78 is 5.32. The van der Waals surface area contributed by atoms with Gasteiger partial charge in [0.15, 0.2) is 0 Å². The van der Waals surface area contributed by atoms with Crippen molar-refractivity contribution in [3.8, 4) is 5.75 Å². The molecule has 1 radical (unpaired) electrons. The molecule has 0 aromatic heterocycles. The number of para-hydroxylation sites is 1. The van der Waals surface area contributed by atoms with Crippen molar-refractivity contribution in [1.82, 2.24) is 0 Å². The molecule has 17 heavy (non-hydrogen) atoms. The van der Waals surface area contributed by atoms with Gasteiger partial charge in [-0.25, -0.2) is 0 Å². The number of hydrogen-bond acceptors (Lipinski definition) is 1. The standard InChI is InChI=1S/C16H17O/c1-17-16-13-6-5-11-15(16)12-7-10-14-8-3-2-4-9-14/h2-6,8-9,11-13H,7,10H2,1H3. The van der Waals surface area contributed by atoms with Gasteiger partial charge in [0.25, 0.3) is 0 Å². The molecule has 1 heteroatoms. The second-order valence-electron chi connectivity index (χ2n) is 3.97. The minimum atomic E-state index is 0.945. The van der Waals surface area contributed by atoms with Gasteiger partial charge in [0, 0.05) is 0 Å². The number of benzene rings is 2. The molecule has 87 valence electrons. The van der Waals surface area contributed by atoms with Crippen LogP contribution in [-0.4, -0.2) is 7.11 Å². The van der Waals surface area contributed by atoms with Gasteiger partial charge in [0.2, 0.25) is 0 Å². The van der Waals surface area contributed by atoms with Gasteiger partial charge in [-0.2, -0.15) is 0 Å². The van der Waals surface area contributed by atoms with E-state index in [1.807, 2.05) is 24.3 Å². The molecule has 0 bridgehead atoms. The molecular weight excluding hydrogens is 208 g/mol. The van der Waals surface area contributed by atoms with Crippen LogP contribution in [0.15, 0.2) is 54.6 Å². The van der Waals surface area contributed by atoms with E-state index in [9.17, 15) is 0 Å². The van der Waals surface area contributed by atoms with Crippen molar-refractivity contribution in [2.45, 2.75) is 12.8 Å². The lowest BCUT2D eigenvalue weighted by molar-refractivity contribution is 0.412. The first kappa shape index (κ1) is 11.7. The maximum Gasteiger partial charge on any atom is 0.122 e. The molecule has 0 N–H and O–H groups in total. The van der Waals surface area contributed by atoms with Gasteiger partial charge in [-0.3, -0.25) is 0 Å². The van der Waals surface area contributed by atoms with Crippen LogP contribution in [0.4, 0.5) is 0 Å².